The van der Waals surface area contributed by atoms with Crippen LogP contribution in [-0.4, -0.2) is 14.6 Å². The van der Waals surface area contributed by atoms with E-state index < -0.39 is 0 Å². The van der Waals surface area contributed by atoms with Crippen LogP contribution in [0.3, 0.4) is 0 Å². The van der Waals surface area contributed by atoms with Crippen molar-refractivity contribution in [1.82, 2.24) is 14.6 Å². The molecular formula is C12H8BrN3S2. The molecule has 3 rings (SSSR count). The van der Waals surface area contributed by atoms with E-state index in [9.17, 15) is 0 Å². The van der Waals surface area contributed by atoms with E-state index in [-0.39, 0.29) is 0 Å². The van der Waals surface area contributed by atoms with Gasteiger partial charge in [-0.15, -0.1) is 0 Å². The number of aryl methyl sites for hydroxylation is 1. The van der Waals surface area contributed by atoms with Crippen molar-refractivity contribution in [2.24, 2.45) is 0 Å². The Kier molecular flexibility index (Phi) is 3.01. The molecule has 0 spiro atoms. The zero-order valence-corrected chi connectivity index (χ0v) is 12.6. The van der Waals surface area contributed by atoms with Crippen molar-refractivity contribution < 1.29 is 0 Å². The minimum atomic E-state index is 0.714. The molecule has 0 saturated carbocycles. The van der Waals surface area contributed by atoms with Gasteiger partial charge in [0.15, 0.2) is 9.60 Å². The zero-order chi connectivity index (χ0) is 12.7. The number of benzene rings is 1. The van der Waals surface area contributed by atoms with E-state index in [1.807, 2.05) is 37.3 Å². The fourth-order valence-corrected chi connectivity index (χ4v) is 3.08. The van der Waals surface area contributed by atoms with Gasteiger partial charge in [0.05, 0.1) is 5.69 Å². The summed E-state index contributed by atoms with van der Waals surface area (Å²) in [5.74, 6) is 0. The van der Waals surface area contributed by atoms with Gasteiger partial charge in [-0.3, -0.25) is 0 Å². The first-order chi connectivity index (χ1) is 8.63. The van der Waals surface area contributed by atoms with Crippen molar-refractivity contribution >= 4 is 45.1 Å². The van der Waals surface area contributed by atoms with E-state index in [0.717, 1.165) is 26.4 Å². The molecule has 90 valence electrons. The predicted octanol–water partition coefficient (Wildman–Crippen LogP) is 4.26. The molecule has 2 aromatic heterocycles. The summed E-state index contributed by atoms with van der Waals surface area (Å²) in [6.07, 6.45) is 0. The summed E-state index contributed by atoms with van der Waals surface area (Å²) in [5, 5.41) is 5.23. The molecule has 0 amide bonds. The second-order valence-corrected chi connectivity index (χ2v) is 6.39. The maximum Gasteiger partial charge on any atom is 0.186 e. The van der Waals surface area contributed by atoms with Crippen molar-refractivity contribution in [3.8, 4) is 10.6 Å². The number of aromatic nitrogens is 3. The summed E-state index contributed by atoms with van der Waals surface area (Å²) < 4.78 is 3.47. The Balaban J connectivity index is 2.24. The molecule has 1 aromatic carbocycles. The lowest BCUT2D eigenvalue weighted by Crippen LogP contribution is -1.91. The van der Waals surface area contributed by atoms with Crippen LogP contribution in [-0.2, 0) is 0 Å². The third-order valence-electron chi connectivity index (χ3n) is 2.48. The lowest BCUT2D eigenvalue weighted by atomic mass is 10.2. The van der Waals surface area contributed by atoms with Crippen LogP contribution in [0.4, 0.5) is 0 Å². The Hall–Kier alpha value is -1.11. The molecule has 0 radical (unpaired) electrons. The summed E-state index contributed by atoms with van der Waals surface area (Å²) in [6, 6.07) is 9.98. The van der Waals surface area contributed by atoms with Gasteiger partial charge in [0.2, 0.25) is 0 Å². The topological polar surface area (TPSA) is 30.2 Å². The Morgan fingerprint density at radius 3 is 2.72 bits per heavy atom. The maximum atomic E-state index is 5.35. The Bertz CT molecular complexity index is 774. The lowest BCUT2D eigenvalue weighted by Gasteiger charge is -2.00. The molecular weight excluding hydrogens is 330 g/mol. The van der Waals surface area contributed by atoms with Crippen molar-refractivity contribution in [3.05, 3.63) is 44.5 Å². The van der Waals surface area contributed by atoms with E-state index in [0.29, 0.717) is 3.95 Å². The first-order valence-electron chi connectivity index (χ1n) is 5.27. The fraction of sp³-hybridized carbons (Fsp3) is 0.0833. The maximum absolute atomic E-state index is 5.35. The average Bonchev–Trinajstić information content (AvgIpc) is 2.71. The van der Waals surface area contributed by atoms with Gasteiger partial charge >= 0.3 is 0 Å². The fourth-order valence-electron chi connectivity index (χ4n) is 1.67. The highest BCUT2D eigenvalue weighted by atomic mass is 79.9. The summed E-state index contributed by atoms with van der Waals surface area (Å²) in [6.45, 7) is 1.94. The Labute approximate surface area is 121 Å². The molecule has 0 fully saturated rings. The summed E-state index contributed by atoms with van der Waals surface area (Å²) in [4.78, 5) is 4.59. The van der Waals surface area contributed by atoms with Crippen LogP contribution in [0.1, 0.15) is 5.69 Å². The largest absolute Gasteiger partial charge is 0.218 e. The highest BCUT2D eigenvalue weighted by Gasteiger charge is 2.06. The quantitative estimate of drug-likeness (QED) is 0.621. The molecule has 0 aliphatic rings. The molecule has 0 N–H and O–H groups in total. The number of nitrogens with zero attached hydrogens (tertiary/aromatic N) is 3. The van der Waals surface area contributed by atoms with Crippen molar-refractivity contribution in [1.29, 1.82) is 0 Å². The first kappa shape index (κ1) is 12.0. The van der Waals surface area contributed by atoms with Gasteiger partial charge in [-0.25, -0.2) is 4.98 Å². The van der Waals surface area contributed by atoms with Crippen LogP contribution in [0.5, 0.6) is 0 Å². The third-order valence-corrected chi connectivity index (χ3v) is 4.30. The van der Waals surface area contributed by atoms with Gasteiger partial charge in [-0.2, -0.15) is 9.61 Å². The first-order valence-corrected chi connectivity index (χ1v) is 7.29. The number of halogens is 1. The number of rotatable bonds is 1. The normalized spacial score (nSPS) is 11.0. The van der Waals surface area contributed by atoms with E-state index in [1.165, 1.54) is 11.3 Å². The van der Waals surface area contributed by atoms with Crippen LogP contribution in [0.25, 0.3) is 16.2 Å². The molecule has 18 heavy (non-hydrogen) atoms. The zero-order valence-electron chi connectivity index (χ0n) is 9.42. The molecule has 0 bridgehead atoms. The van der Waals surface area contributed by atoms with Gasteiger partial charge < -0.3 is 0 Å². The van der Waals surface area contributed by atoms with Crippen molar-refractivity contribution in [2.45, 2.75) is 6.92 Å². The molecule has 6 heteroatoms. The van der Waals surface area contributed by atoms with Crippen LogP contribution >= 0.6 is 39.5 Å². The van der Waals surface area contributed by atoms with E-state index >= 15 is 0 Å². The van der Waals surface area contributed by atoms with Gasteiger partial charge in [0, 0.05) is 16.1 Å². The second kappa shape index (κ2) is 4.53. The minimum Gasteiger partial charge on any atom is -0.218 e. The molecule has 3 nitrogen and oxygen atoms in total. The summed E-state index contributed by atoms with van der Waals surface area (Å²) in [7, 11) is 0. The second-order valence-electron chi connectivity index (χ2n) is 3.85. The highest BCUT2D eigenvalue weighted by molar-refractivity contribution is 9.10. The molecule has 0 unspecified atom stereocenters. The van der Waals surface area contributed by atoms with Crippen LogP contribution in [0.2, 0.25) is 0 Å². The van der Waals surface area contributed by atoms with Crippen molar-refractivity contribution in [2.75, 3.05) is 0 Å². The minimum absolute atomic E-state index is 0.714. The van der Waals surface area contributed by atoms with Crippen LogP contribution in [0, 0.1) is 10.9 Å². The molecule has 0 aliphatic carbocycles. The van der Waals surface area contributed by atoms with E-state index in [4.69, 9.17) is 12.2 Å². The van der Waals surface area contributed by atoms with Crippen LogP contribution in [0.15, 0.2) is 34.8 Å². The average molecular weight is 338 g/mol. The number of hydrogen-bond donors (Lipinski definition) is 0. The van der Waals surface area contributed by atoms with E-state index in [2.05, 4.69) is 26.0 Å². The number of fused-ring (bicyclic) bond motifs is 1. The Morgan fingerprint density at radius 2 is 2.00 bits per heavy atom. The summed E-state index contributed by atoms with van der Waals surface area (Å²) in [5.41, 5.74) is 2.79. The van der Waals surface area contributed by atoms with Crippen LogP contribution < -0.4 is 0 Å². The van der Waals surface area contributed by atoms with Gasteiger partial charge in [0.25, 0.3) is 0 Å². The van der Waals surface area contributed by atoms with Gasteiger partial charge in [0.1, 0.15) is 5.01 Å². The molecule has 2 heterocycles. The summed E-state index contributed by atoms with van der Waals surface area (Å²) >= 11 is 10.2. The predicted molar refractivity (Wildman–Crippen MR) is 79.6 cm³/mol. The third kappa shape index (κ3) is 2.11. The van der Waals surface area contributed by atoms with Gasteiger partial charge in [-0.1, -0.05) is 39.4 Å². The molecule has 0 saturated heterocycles. The molecule has 0 aliphatic heterocycles. The highest BCUT2D eigenvalue weighted by Crippen LogP contribution is 2.25. The molecule has 0 atom stereocenters. The smallest absolute Gasteiger partial charge is 0.186 e. The van der Waals surface area contributed by atoms with E-state index in [1.54, 1.807) is 4.52 Å². The Morgan fingerprint density at radius 1 is 1.28 bits per heavy atom. The van der Waals surface area contributed by atoms with Gasteiger partial charge in [-0.05, 0) is 31.3 Å². The van der Waals surface area contributed by atoms with Crippen molar-refractivity contribution in [3.63, 3.8) is 0 Å². The monoisotopic (exact) mass is 337 g/mol. The number of hydrogen-bond acceptors (Lipinski definition) is 4. The SMILES string of the molecule is Cc1cc2nc(-c3ccc(Br)cc3)sc(=S)n2n1. The molecule has 3 aromatic rings. The standard InChI is InChI=1S/C12H8BrN3S2/c1-7-6-10-14-11(18-12(17)16(10)15-7)8-2-4-9(13)5-3-8/h2-6H,1H3. The lowest BCUT2D eigenvalue weighted by molar-refractivity contribution is 0.924.